The fraction of sp³-hybridized carbons (Fsp3) is 0.520. The molecule has 0 saturated carbocycles. The van der Waals surface area contributed by atoms with E-state index < -0.39 is 6.04 Å². The van der Waals surface area contributed by atoms with Gasteiger partial charge in [-0.25, -0.2) is 4.98 Å². The molecule has 1 aliphatic rings. The van der Waals surface area contributed by atoms with Gasteiger partial charge in [0.05, 0.1) is 6.04 Å². The maximum absolute atomic E-state index is 12.9. The van der Waals surface area contributed by atoms with Crippen molar-refractivity contribution in [3.05, 3.63) is 47.2 Å². The highest BCUT2D eigenvalue weighted by molar-refractivity contribution is 5.98. The summed E-state index contributed by atoms with van der Waals surface area (Å²) in [4.78, 5) is 34.0. The van der Waals surface area contributed by atoms with Gasteiger partial charge in [0.25, 0.3) is 5.91 Å². The van der Waals surface area contributed by atoms with Crippen molar-refractivity contribution in [1.82, 2.24) is 20.6 Å². The van der Waals surface area contributed by atoms with Crippen LogP contribution in [0.4, 0.5) is 11.8 Å². The summed E-state index contributed by atoms with van der Waals surface area (Å²) >= 11 is 0. The summed E-state index contributed by atoms with van der Waals surface area (Å²) in [6.07, 6.45) is 8.47. The van der Waals surface area contributed by atoms with Crippen molar-refractivity contribution in [2.75, 3.05) is 30.3 Å². The van der Waals surface area contributed by atoms with Crippen LogP contribution in [0, 0.1) is 6.92 Å². The fourth-order valence-electron chi connectivity index (χ4n) is 3.73. The molecule has 2 amide bonds. The molecule has 0 fully saturated rings. The molecule has 34 heavy (non-hydrogen) atoms. The number of nitrogens with one attached hydrogen (secondary N) is 4. The molecule has 184 valence electrons. The number of carbonyl (C=O) groups is 2. The van der Waals surface area contributed by atoms with Gasteiger partial charge in [0.1, 0.15) is 11.4 Å². The molecule has 2 bridgehead atoms. The number of amides is 2. The van der Waals surface area contributed by atoms with Crippen LogP contribution in [0.25, 0.3) is 0 Å². The smallest absolute Gasteiger partial charge is 0.256 e. The summed E-state index contributed by atoms with van der Waals surface area (Å²) in [5.74, 6) is 0.483. The standard InChI is InChI=1S/C25H37N7O2/c1-18-8-10-19(11-9-18)16-30-23(33)20-17-31-25-29-14-7-5-3-2-4-6-13-28-24(34)21(26)12-15-27-22(20)32-25/h8-11,17,21H,2-7,12-16,26H2,1H3,(H,28,34)(H,30,33)(H2,27,29,31,32)/t21-/m0/s1. The van der Waals surface area contributed by atoms with Crippen LogP contribution < -0.4 is 27.0 Å². The minimum atomic E-state index is -0.621. The molecule has 2 aromatic rings. The molecule has 2 heterocycles. The van der Waals surface area contributed by atoms with E-state index in [0.717, 1.165) is 50.6 Å². The van der Waals surface area contributed by atoms with Crippen molar-refractivity contribution in [3.8, 4) is 0 Å². The predicted molar refractivity (Wildman–Crippen MR) is 135 cm³/mol. The SMILES string of the molecule is Cc1ccc(CNC(=O)c2cnc3nc2NCC[C@H](N)C(=O)NCCCCCCCCN3)cc1. The lowest BCUT2D eigenvalue weighted by molar-refractivity contribution is -0.122. The summed E-state index contributed by atoms with van der Waals surface area (Å²) in [5, 5.41) is 12.3. The van der Waals surface area contributed by atoms with Crippen LogP contribution in [0.1, 0.15) is 66.4 Å². The second kappa shape index (κ2) is 13.5. The van der Waals surface area contributed by atoms with Gasteiger partial charge in [-0.05, 0) is 31.7 Å². The zero-order valence-corrected chi connectivity index (χ0v) is 20.0. The molecule has 1 aliphatic heterocycles. The van der Waals surface area contributed by atoms with Gasteiger partial charge in [0.15, 0.2) is 0 Å². The number of anilines is 2. The predicted octanol–water partition coefficient (Wildman–Crippen LogP) is 2.73. The average molecular weight is 468 g/mol. The Morgan fingerprint density at radius 2 is 1.68 bits per heavy atom. The van der Waals surface area contributed by atoms with E-state index in [2.05, 4.69) is 31.2 Å². The van der Waals surface area contributed by atoms with Crippen molar-refractivity contribution >= 4 is 23.6 Å². The highest BCUT2D eigenvalue weighted by atomic mass is 16.2. The van der Waals surface area contributed by atoms with Gasteiger partial charge in [0.2, 0.25) is 11.9 Å². The van der Waals surface area contributed by atoms with E-state index in [1.165, 1.54) is 11.8 Å². The first kappa shape index (κ1) is 25.4. The van der Waals surface area contributed by atoms with E-state index in [1.54, 1.807) is 0 Å². The number of benzene rings is 1. The molecule has 0 unspecified atom stereocenters. The second-order valence-electron chi connectivity index (χ2n) is 8.79. The first-order valence-corrected chi connectivity index (χ1v) is 12.2. The fourth-order valence-corrected chi connectivity index (χ4v) is 3.73. The largest absolute Gasteiger partial charge is 0.369 e. The summed E-state index contributed by atoms with van der Waals surface area (Å²) in [6, 6.07) is 7.39. The van der Waals surface area contributed by atoms with Gasteiger partial charge in [0, 0.05) is 32.4 Å². The van der Waals surface area contributed by atoms with Gasteiger partial charge < -0.3 is 27.0 Å². The van der Waals surface area contributed by atoms with Crippen molar-refractivity contribution in [3.63, 3.8) is 0 Å². The minimum Gasteiger partial charge on any atom is -0.369 e. The molecule has 0 radical (unpaired) electrons. The Bertz CT molecular complexity index is 933. The number of nitrogens with two attached hydrogens (primary N) is 1. The monoisotopic (exact) mass is 467 g/mol. The summed E-state index contributed by atoms with van der Waals surface area (Å²) < 4.78 is 0. The third-order valence-corrected chi connectivity index (χ3v) is 5.88. The third-order valence-electron chi connectivity index (χ3n) is 5.88. The number of aromatic nitrogens is 2. The number of nitrogens with zero attached hydrogens (tertiary/aromatic N) is 2. The molecule has 0 spiro atoms. The summed E-state index contributed by atoms with van der Waals surface area (Å²) in [5.41, 5.74) is 8.59. The Hall–Kier alpha value is -3.20. The number of aryl methyl sites for hydroxylation is 1. The van der Waals surface area contributed by atoms with Crippen LogP contribution in [0.5, 0.6) is 0 Å². The molecule has 9 heteroatoms. The zero-order chi connectivity index (χ0) is 24.2. The van der Waals surface area contributed by atoms with E-state index in [9.17, 15) is 9.59 Å². The zero-order valence-electron chi connectivity index (χ0n) is 20.0. The molecule has 0 aliphatic carbocycles. The molecular formula is C25H37N7O2. The van der Waals surface area contributed by atoms with Crippen LogP contribution in [0.15, 0.2) is 30.5 Å². The van der Waals surface area contributed by atoms with E-state index in [4.69, 9.17) is 5.73 Å². The highest BCUT2D eigenvalue weighted by Crippen LogP contribution is 2.15. The van der Waals surface area contributed by atoms with Crippen LogP contribution in [0.2, 0.25) is 0 Å². The molecule has 1 aromatic heterocycles. The van der Waals surface area contributed by atoms with Crippen LogP contribution in [-0.4, -0.2) is 47.5 Å². The van der Waals surface area contributed by atoms with Gasteiger partial charge in [-0.1, -0.05) is 55.5 Å². The Kier molecular flexibility index (Phi) is 10.1. The Morgan fingerprint density at radius 3 is 2.41 bits per heavy atom. The van der Waals surface area contributed by atoms with Gasteiger partial charge in [-0.2, -0.15) is 4.98 Å². The number of hydrogen-bond acceptors (Lipinski definition) is 7. The summed E-state index contributed by atoms with van der Waals surface area (Å²) in [6.45, 7) is 4.27. The first-order valence-electron chi connectivity index (χ1n) is 12.2. The normalized spacial score (nSPS) is 18.4. The third kappa shape index (κ3) is 8.30. The number of hydrogen-bond donors (Lipinski definition) is 5. The number of rotatable bonds is 3. The maximum Gasteiger partial charge on any atom is 0.256 e. The lowest BCUT2D eigenvalue weighted by Crippen LogP contribution is -2.42. The number of carbonyl (C=O) groups excluding carboxylic acids is 2. The van der Waals surface area contributed by atoms with Crippen molar-refractivity contribution in [1.29, 1.82) is 0 Å². The van der Waals surface area contributed by atoms with Crippen molar-refractivity contribution in [2.24, 2.45) is 5.73 Å². The van der Waals surface area contributed by atoms with Crippen LogP contribution in [-0.2, 0) is 11.3 Å². The minimum absolute atomic E-state index is 0.149. The van der Waals surface area contributed by atoms with E-state index >= 15 is 0 Å². The lowest BCUT2D eigenvalue weighted by Gasteiger charge is -2.16. The van der Waals surface area contributed by atoms with Gasteiger partial charge >= 0.3 is 0 Å². The molecule has 1 atom stereocenters. The molecule has 6 N–H and O–H groups in total. The van der Waals surface area contributed by atoms with E-state index in [-0.39, 0.29) is 11.8 Å². The molecule has 0 saturated heterocycles. The maximum atomic E-state index is 12.9. The summed E-state index contributed by atoms with van der Waals surface area (Å²) in [7, 11) is 0. The Morgan fingerprint density at radius 1 is 1.00 bits per heavy atom. The number of fused-ring (bicyclic) bond motifs is 2. The second-order valence-corrected chi connectivity index (χ2v) is 8.79. The molecule has 3 rings (SSSR count). The molecule has 9 nitrogen and oxygen atoms in total. The lowest BCUT2D eigenvalue weighted by atomic mass is 10.1. The van der Waals surface area contributed by atoms with Crippen molar-refractivity contribution in [2.45, 2.75) is 64.5 Å². The first-order chi connectivity index (χ1) is 16.5. The topological polar surface area (TPSA) is 134 Å². The van der Waals surface area contributed by atoms with Gasteiger partial charge in [-0.3, -0.25) is 9.59 Å². The van der Waals surface area contributed by atoms with Crippen LogP contribution in [0.3, 0.4) is 0 Å². The molecule has 1 aromatic carbocycles. The quantitative estimate of drug-likeness (QED) is 0.468. The van der Waals surface area contributed by atoms with E-state index in [1.807, 2.05) is 31.2 Å². The van der Waals surface area contributed by atoms with Gasteiger partial charge in [-0.15, -0.1) is 0 Å². The van der Waals surface area contributed by atoms with E-state index in [0.29, 0.717) is 43.4 Å². The van der Waals surface area contributed by atoms with Crippen LogP contribution >= 0.6 is 0 Å². The Balaban J connectivity index is 1.68. The molecular weight excluding hydrogens is 430 g/mol. The Labute approximate surface area is 201 Å². The highest BCUT2D eigenvalue weighted by Gasteiger charge is 2.17. The van der Waals surface area contributed by atoms with Crippen molar-refractivity contribution < 1.29 is 9.59 Å². The average Bonchev–Trinajstić information content (AvgIpc) is 2.84.